The van der Waals surface area contributed by atoms with E-state index in [1.165, 1.54) is 12.1 Å². The van der Waals surface area contributed by atoms with Gasteiger partial charge in [0.25, 0.3) is 0 Å². The second kappa shape index (κ2) is 4.49. The Hall–Kier alpha value is -1.75. The van der Waals surface area contributed by atoms with Crippen molar-refractivity contribution in [3.05, 3.63) is 58.2 Å². The molecule has 2 heterocycles. The van der Waals surface area contributed by atoms with Crippen molar-refractivity contribution in [1.29, 1.82) is 0 Å². The number of halogens is 2. The molecule has 1 N–H and O–H groups in total. The van der Waals surface area contributed by atoms with Crippen molar-refractivity contribution in [2.24, 2.45) is 0 Å². The number of imidazole rings is 1. The lowest BCUT2D eigenvalue weighted by atomic mass is 10.1. The summed E-state index contributed by atoms with van der Waals surface area (Å²) in [5.41, 5.74) is 2.42. The Bertz CT molecular complexity index is 708. The number of hydrogen-bond donors (Lipinski definition) is 1. The standard InChI is InChI=1S/C13H9BrFN3/c14-9-6-11-13(16-7-9)18-12(17-11)5-8-2-1-3-10(15)4-8/h1-4,6-7H,5H2,(H,16,17,18). The summed E-state index contributed by atoms with van der Waals surface area (Å²) in [4.78, 5) is 11.7. The highest BCUT2D eigenvalue weighted by Crippen LogP contribution is 2.16. The minimum atomic E-state index is -0.232. The quantitative estimate of drug-likeness (QED) is 0.788. The third-order valence-corrected chi connectivity index (χ3v) is 3.05. The van der Waals surface area contributed by atoms with Gasteiger partial charge < -0.3 is 4.98 Å². The molecule has 18 heavy (non-hydrogen) atoms. The van der Waals surface area contributed by atoms with E-state index in [0.29, 0.717) is 12.1 Å². The minimum absolute atomic E-state index is 0.232. The second-order valence-electron chi connectivity index (χ2n) is 4.01. The Morgan fingerprint density at radius 3 is 3.00 bits per heavy atom. The van der Waals surface area contributed by atoms with Crippen molar-refractivity contribution in [3.63, 3.8) is 0 Å². The highest BCUT2D eigenvalue weighted by Gasteiger charge is 2.05. The van der Waals surface area contributed by atoms with Crippen LogP contribution in [0.1, 0.15) is 11.4 Å². The number of pyridine rings is 1. The number of aromatic amines is 1. The van der Waals surface area contributed by atoms with Gasteiger partial charge in [0.1, 0.15) is 11.6 Å². The van der Waals surface area contributed by atoms with Crippen LogP contribution in [0, 0.1) is 5.82 Å². The Morgan fingerprint density at radius 2 is 2.17 bits per heavy atom. The molecule has 0 saturated heterocycles. The number of fused-ring (bicyclic) bond motifs is 1. The molecule has 3 aromatic rings. The number of aromatic nitrogens is 3. The van der Waals surface area contributed by atoms with Crippen molar-refractivity contribution in [3.8, 4) is 0 Å². The summed E-state index contributed by atoms with van der Waals surface area (Å²) >= 11 is 3.36. The monoisotopic (exact) mass is 305 g/mol. The first-order valence-corrected chi connectivity index (χ1v) is 6.24. The van der Waals surface area contributed by atoms with Crippen LogP contribution in [-0.4, -0.2) is 15.0 Å². The highest BCUT2D eigenvalue weighted by atomic mass is 79.9. The minimum Gasteiger partial charge on any atom is -0.340 e. The highest BCUT2D eigenvalue weighted by molar-refractivity contribution is 9.10. The molecule has 3 nitrogen and oxygen atoms in total. The van der Waals surface area contributed by atoms with Crippen molar-refractivity contribution in [1.82, 2.24) is 15.0 Å². The number of rotatable bonds is 2. The van der Waals surface area contributed by atoms with Crippen LogP contribution in [0.2, 0.25) is 0 Å². The molecule has 0 aliphatic rings. The molecule has 0 amide bonds. The molecule has 0 aliphatic carbocycles. The number of hydrogen-bond acceptors (Lipinski definition) is 2. The average molecular weight is 306 g/mol. The Morgan fingerprint density at radius 1 is 1.28 bits per heavy atom. The Labute approximate surface area is 111 Å². The Kier molecular flexibility index (Phi) is 2.83. The molecular weight excluding hydrogens is 297 g/mol. The van der Waals surface area contributed by atoms with Crippen molar-refractivity contribution < 1.29 is 4.39 Å². The van der Waals surface area contributed by atoms with Gasteiger partial charge in [0.15, 0.2) is 5.65 Å². The maximum Gasteiger partial charge on any atom is 0.177 e. The molecule has 1 aromatic carbocycles. The number of benzene rings is 1. The fourth-order valence-electron chi connectivity index (χ4n) is 1.85. The van der Waals surface area contributed by atoms with Crippen LogP contribution in [0.25, 0.3) is 11.2 Å². The zero-order valence-corrected chi connectivity index (χ0v) is 10.9. The predicted molar refractivity (Wildman–Crippen MR) is 70.8 cm³/mol. The number of H-pyrrole nitrogens is 1. The fraction of sp³-hybridized carbons (Fsp3) is 0.0769. The van der Waals surface area contributed by atoms with Crippen LogP contribution >= 0.6 is 15.9 Å². The summed E-state index contributed by atoms with van der Waals surface area (Å²) in [7, 11) is 0. The maximum absolute atomic E-state index is 13.1. The van der Waals surface area contributed by atoms with Crippen molar-refractivity contribution >= 4 is 27.1 Å². The molecule has 0 spiro atoms. The third kappa shape index (κ3) is 2.26. The van der Waals surface area contributed by atoms with Crippen molar-refractivity contribution in [2.45, 2.75) is 6.42 Å². The second-order valence-corrected chi connectivity index (χ2v) is 4.93. The van der Waals surface area contributed by atoms with Gasteiger partial charge in [0.2, 0.25) is 0 Å². The first-order chi connectivity index (χ1) is 8.70. The van der Waals surface area contributed by atoms with E-state index in [4.69, 9.17) is 0 Å². The third-order valence-electron chi connectivity index (χ3n) is 2.61. The molecule has 3 rings (SSSR count). The van der Waals surface area contributed by atoms with Crippen LogP contribution in [0.3, 0.4) is 0 Å². The molecule has 0 saturated carbocycles. The molecule has 0 bridgehead atoms. The first-order valence-electron chi connectivity index (χ1n) is 5.45. The van der Waals surface area contributed by atoms with E-state index in [0.717, 1.165) is 21.4 Å². The summed E-state index contributed by atoms with van der Waals surface area (Å²) in [5.74, 6) is 0.547. The van der Waals surface area contributed by atoms with Gasteiger partial charge in [-0.2, -0.15) is 0 Å². The fourth-order valence-corrected chi connectivity index (χ4v) is 2.18. The summed E-state index contributed by atoms with van der Waals surface area (Å²) in [6.07, 6.45) is 2.26. The topological polar surface area (TPSA) is 41.6 Å². The maximum atomic E-state index is 13.1. The molecule has 0 atom stereocenters. The smallest absolute Gasteiger partial charge is 0.177 e. The van der Waals surface area contributed by atoms with Crippen LogP contribution in [0.5, 0.6) is 0 Å². The van der Waals surface area contributed by atoms with Gasteiger partial charge in [0, 0.05) is 17.1 Å². The van der Waals surface area contributed by atoms with Crippen LogP contribution in [-0.2, 0) is 6.42 Å². The van der Waals surface area contributed by atoms with Gasteiger partial charge in [-0.3, -0.25) is 0 Å². The SMILES string of the molecule is Fc1cccc(Cc2nc3ncc(Br)cc3[nH]2)c1. The van der Waals surface area contributed by atoms with E-state index in [1.807, 2.05) is 12.1 Å². The van der Waals surface area contributed by atoms with E-state index in [2.05, 4.69) is 30.9 Å². The number of nitrogens with one attached hydrogen (secondary N) is 1. The zero-order chi connectivity index (χ0) is 12.5. The van der Waals surface area contributed by atoms with Gasteiger partial charge in [-0.25, -0.2) is 14.4 Å². The molecule has 0 radical (unpaired) electrons. The van der Waals surface area contributed by atoms with E-state index >= 15 is 0 Å². The summed E-state index contributed by atoms with van der Waals surface area (Å²) < 4.78 is 14.0. The molecule has 0 fully saturated rings. The molecule has 90 valence electrons. The summed E-state index contributed by atoms with van der Waals surface area (Å²) in [6, 6.07) is 8.43. The van der Waals surface area contributed by atoms with Crippen LogP contribution in [0.4, 0.5) is 4.39 Å². The van der Waals surface area contributed by atoms with Gasteiger partial charge in [-0.05, 0) is 39.7 Å². The molecule has 5 heteroatoms. The van der Waals surface area contributed by atoms with Gasteiger partial charge in [-0.15, -0.1) is 0 Å². The van der Waals surface area contributed by atoms with E-state index in [1.54, 1.807) is 12.3 Å². The first kappa shape index (κ1) is 11.3. The molecule has 0 unspecified atom stereocenters. The summed E-state index contributed by atoms with van der Waals surface area (Å²) in [5, 5.41) is 0. The largest absolute Gasteiger partial charge is 0.340 e. The molecule has 0 aliphatic heterocycles. The lowest BCUT2D eigenvalue weighted by Gasteiger charge is -1.97. The molecular formula is C13H9BrFN3. The summed E-state index contributed by atoms with van der Waals surface area (Å²) in [6.45, 7) is 0. The average Bonchev–Trinajstić information content (AvgIpc) is 2.70. The van der Waals surface area contributed by atoms with Gasteiger partial charge >= 0.3 is 0 Å². The van der Waals surface area contributed by atoms with Crippen LogP contribution < -0.4 is 0 Å². The van der Waals surface area contributed by atoms with E-state index in [-0.39, 0.29) is 5.82 Å². The van der Waals surface area contributed by atoms with Gasteiger partial charge in [-0.1, -0.05) is 12.1 Å². The van der Waals surface area contributed by atoms with E-state index in [9.17, 15) is 4.39 Å². The lowest BCUT2D eigenvalue weighted by molar-refractivity contribution is 0.626. The van der Waals surface area contributed by atoms with Crippen molar-refractivity contribution in [2.75, 3.05) is 0 Å². The Balaban J connectivity index is 1.95. The lowest BCUT2D eigenvalue weighted by Crippen LogP contribution is -1.91. The van der Waals surface area contributed by atoms with Crippen LogP contribution in [0.15, 0.2) is 41.0 Å². The van der Waals surface area contributed by atoms with E-state index < -0.39 is 0 Å². The number of nitrogens with zero attached hydrogens (tertiary/aromatic N) is 2. The van der Waals surface area contributed by atoms with Gasteiger partial charge in [0.05, 0.1) is 5.52 Å². The molecule has 2 aromatic heterocycles. The zero-order valence-electron chi connectivity index (χ0n) is 9.32. The predicted octanol–water partition coefficient (Wildman–Crippen LogP) is 3.45. The normalized spacial score (nSPS) is 11.0.